The molecule has 0 nitrogen and oxygen atoms in total. The van der Waals surface area contributed by atoms with Gasteiger partial charge in [0.1, 0.15) is 0 Å². The first-order valence-corrected chi connectivity index (χ1v) is 7.57. The van der Waals surface area contributed by atoms with Crippen molar-refractivity contribution >= 4 is 15.9 Å². The Balaban J connectivity index is 2.34. The number of halogens is 1. The van der Waals surface area contributed by atoms with Crippen molar-refractivity contribution in [1.29, 1.82) is 0 Å². The second kappa shape index (κ2) is 5.35. The van der Waals surface area contributed by atoms with Crippen LogP contribution in [0.3, 0.4) is 0 Å². The normalized spacial score (nSPS) is 20.9. The Morgan fingerprint density at radius 1 is 1.19 bits per heavy atom. The van der Waals surface area contributed by atoms with Gasteiger partial charge in [-0.3, -0.25) is 0 Å². The van der Waals surface area contributed by atoms with Crippen LogP contribution in [-0.4, -0.2) is 5.33 Å². The highest BCUT2D eigenvalue weighted by Gasteiger charge is 2.38. The third-order valence-corrected chi connectivity index (χ3v) is 5.36. The summed E-state index contributed by atoms with van der Waals surface area (Å²) in [4.78, 5) is 0. The van der Waals surface area contributed by atoms with E-state index in [4.69, 9.17) is 0 Å². The molecule has 0 aliphatic heterocycles. The van der Waals surface area contributed by atoms with Crippen molar-refractivity contribution in [3.05, 3.63) is 35.9 Å². The molecule has 1 fully saturated rings. The second-order valence-electron chi connectivity index (χ2n) is 4.99. The second-order valence-corrected chi connectivity index (χ2v) is 5.55. The molecular weight excluding hydrogens is 260 g/mol. The maximum atomic E-state index is 3.78. The standard InChI is InChI=1S/C15H21Br/c1-2-15(12-16,14-10-6-7-11-14)13-8-4-3-5-9-13/h3-5,8-9,14H,2,6-7,10-12H2,1H3. The minimum Gasteiger partial charge on any atom is -0.0918 e. The molecule has 1 aromatic rings. The molecule has 1 aromatic carbocycles. The number of benzene rings is 1. The van der Waals surface area contributed by atoms with Crippen LogP contribution in [0.1, 0.15) is 44.6 Å². The summed E-state index contributed by atoms with van der Waals surface area (Å²) in [6, 6.07) is 11.1. The third kappa shape index (κ3) is 2.07. The monoisotopic (exact) mass is 280 g/mol. The number of rotatable bonds is 4. The van der Waals surface area contributed by atoms with E-state index in [2.05, 4.69) is 53.2 Å². The van der Waals surface area contributed by atoms with Crippen molar-refractivity contribution in [3.63, 3.8) is 0 Å². The van der Waals surface area contributed by atoms with Crippen LogP contribution in [0.2, 0.25) is 0 Å². The molecular formula is C15H21Br. The number of hydrogen-bond donors (Lipinski definition) is 0. The highest BCUT2D eigenvalue weighted by Crippen LogP contribution is 2.45. The van der Waals surface area contributed by atoms with Crippen LogP contribution in [0.4, 0.5) is 0 Å². The van der Waals surface area contributed by atoms with Gasteiger partial charge in [0, 0.05) is 10.7 Å². The molecule has 1 aliphatic carbocycles. The fraction of sp³-hybridized carbons (Fsp3) is 0.600. The molecule has 0 N–H and O–H groups in total. The summed E-state index contributed by atoms with van der Waals surface area (Å²) < 4.78 is 0. The summed E-state index contributed by atoms with van der Waals surface area (Å²) in [5.41, 5.74) is 1.90. The lowest BCUT2D eigenvalue weighted by molar-refractivity contribution is 0.295. The van der Waals surface area contributed by atoms with Crippen LogP contribution in [0.5, 0.6) is 0 Å². The van der Waals surface area contributed by atoms with E-state index < -0.39 is 0 Å². The Labute approximate surface area is 108 Å². The van der Waals surface area contributed by atoms with Crippen molar-refractivity contribution in [2.45, 2.75) is 44.4 Å². The molecule has 1 saturated carbocycles. The van der Waals surface area contributed by atoms with Crippen LogP contribution < -0.4 is 0 Å². The molecule has 0 saturated heterocycles. The first-order valence-electron chi connectivity index (χ1n) is 6.45. The van der Waals surface area contributed by atoms with Gasteiger partial charge >= 0.3 is 0 Å². The quantitative estimate of drug-likeness (QED) is 0.687. The van der Waals surface area contributed by atoms with E-state index in [1.807, 2.05) is 0 Å². The fourth-order valence-electron chi connectivity index (χ4n) is 3.26. The third-order valence-electron chi connectivity index (χ3n) is 4.35. The van der Waals surface area contributed by atoms with Gasteiger partial charge in [-0.2, -0.15) is 0 Å². The summed E-state index contributed by atoms with van der Waals surface area (Å²) in [5.74, 6) is 0.874. The molecule has 0 aromatic heterocycles. The van der Waals surface area contributed by atoms with E-state index >= 15 is 0 Å². The predicted octanol–water partition coefficient (Wildman–Crippen LogP) is 4.92. The Morgan fingerprint density at radius 3 is 2.31 bits per heavy atom. The van der Waals surface area contributed by atoms with Gasteiger partial charge in [0.05, 0.1) is 0 Å². The van der Waals surface area contributed by atoms with Crippen LogP contribution in [-0.2, 0) is 5.41 Å². The summed E-state index contributed by atoms with van der Waals surface area (Å²) in [7, 11) is 0. The molecule has 1 aliphatic rings. The zero-order chi connectivity index (χ0) is 11.4. The van der Waals surface area contributed by atoms with Gasteiger partial charge in [-0.15, -0.1) is 0 Å². The molecule has 0 amide bonds. The Kier molecular flexibility index (Phi) is 4.07. The Hall–Kier alpha value is -0.300. The zero-order valence-corrected chi connectivity index (χ0v) is 11.7. The van der Waals surface area contributed by atoms with Crippen LogP contribution >= 0.6 is 15.9 Å². The minimum absolute atomic E-state index is 0.373. The van der Waals surface area contributed by atoms with Crippen molar-refractivity contribution in [1.82, 2.24) is 0 Å². The number of alkyl halides is 1. The maximum Gasteiger partial charge on any atom is 0.0131 e. The lowest BCUT2D eigenvalue weighted by Crippen LogP contribution is -2.35. The van der Waals surface area contributed by atoms with Gasteiger partial charge in [0.2, 0.25) is 0 Å². The molecule has 1 heteroatoms. The molecule has 0 bridgehead atoms. The van der Waals surface area contributed by atoms with Gasteiger partial charge < -0.3 is 0 Å². The van der Waals surface area contributed by atoms with Gasteiger partial charge in [0.15, 0.2) is 0 Å². The first-order chi connectivity index (χ1) is 7.83. The van der Waals surface area contributed by atoms with Crippen LogP contribution in [0.25, 0.3) is 0 Å². The van der Waals surface area contributed by atoms with E-state index in [1.165, 1.54) is 37.7 Å². The van der Waals surface area contributed by atoms with Crippen molar-refractivity contribution in [3.8, 4) is 0 Å². The largest absolute Gasteiger partial charge is 0.0918 e. The molecule has 1 unspecified atom stereocenters. The van der Waals surface area contributed by atoms with Gasteiger partial charge in [-0.05, 0) is 30.7 Å². The average molecular weight is 281 g/mol. The topological polar surface area (TPSA) is 0 Å². The van der Waals surface area contributed by atoms with Crippen LogP contribution in [0.15, 0.2) is 30.3 Å². The van der Waals surface area contributed by atoms with E-state index in [1.54, 1.807) is 0 Å². The summed E-state index contributed by atoms with van der Waals surface area (Å²) in [6.07, 6.45) is 6.91. The predicted molar refractivity (Wildman–Crippen MR) is 74.2 cm³/mol. The zero-order valence-electron chi connectivity index (χ0n) is 10.1. The molecule has 1 atom stereocenters. The SMILES string of the molecule is CCC(CBr)(c1ccccc1)C1CCCC1. The van der Waals surface area contributed by atoms with Crippen molar-refractivity contribution in [2.75, 3.05) is 5.33 Å². The molecule has 0 spiro atoms. The molecule has 16 heavy (non-hydrogen) atoms. The Bertz CT molecular complexity index is 307. The highest BCUT2D eigenvalue weighted by atomic mass is 79.9. The van der Waals surface area contributed by atoms with Gasteiger partial charge in [0.25, 0.3) is 0 Å². The lowest BCUT2D eigenvalue weighted by atomic mass is 9.69. The summed E-state index contributed by atoms with van der Waals surface area (Å²) >= 11 is 3.78. The first kappa shape index (κ1) is 12.2. The molecule has 88 valence electrons. The van der Waals surface area contributed by atoms with Gasteiger partial charge in [-0.25, -0.2) is 0 Å². The average Bonchev–Trinajstić information content (AvgIpc) is 2.87. The van der Waals surface area contributed by atoms with E-state index in [0.29, 0.717) is 5.41 Å². The van der Waals surface area contributed by atoms with Crippen molar-refractivity contribution in [2.24, 2.45) is 5.92 Å². The van der Waals surface area contributed by atoms with Crippen molar-refractivity contribution < 1.29 is 0 Å². The smallest absolute Gasteiger partial charge is 0.0131 e. The Morgan fingerprint density at radius 2 is 1.81 bits per heavy atom. The van der Waals surface area contributed by atoms with E-state index in [-0.39, 0.29) is 0 Å². The molecule has 0 radical (unpaired) electrons. The van der Waals surface area contributed by atoms with E-state index in [0.717, 1.165) is 11.2 Å². The highest BCUT2D eigenvalue weighted by molar-refractivity contribution is 9.09. The van der Waals surface area contributed by atoms with Gasteiger partial charge in [-0.1, -0.05) is 66.0 Å². The van der Waals surface area contributed by atoms with Crippen LogP contribution in [0, 0.1) is 5.92 Å². The molecule has 2 rings (SSSR count). The summed E-state index contributed by atoms with van der Waals surface area (Å²) in [5, 5.41) is 1.10. The summed E-state index contributed by atoms with van der Waals surface area (Å²) in [6.45, 7) is 2.34. The fourth-order valence-corrected chi connectivity index (χ4v) is 4.44. The lowest BCUT2D eigenvalue weighted by Gasteiger charge is -2.37. The minimum atomic E-state index is 0.373. The maximum absolute atomic E-state index is 3.78. The number of hydrogen-bond acceptors (Lipinski definition) is 0. The molecule has 0 heterocycles. The van der Waals surface area contributed by atoms with E-state index in [9.17, 15) is 0 Å².